The van der Waals surface area contributed by atoms with E-state index in [-0.39, 0.29) is 0 Å². The van der Waals surface area contributed by atoms with E-state index in [1.165, 1.54) is 4.88 Å². The van der Waals surface area contributed by atoms with Gasteiger partial charge < -0.3 is 5.32 Å². The number of benzene rings is 1. The summed E-state index contributed by atoms with van der Waals surface area (Å²) in [7, 11) is 0. The molecular formula is C13H10BrClN4S. The largest absolute Gasteiger partial charge is 0.380 e. The van der Waals surface area contributed by atoms with Crippen molar-refractivity contribution in [2.45, 2.75) is 6.54 Å². The molecule has 0 amide bonds. The standard InChI is InChI=1S/C13H10BrClN4S/c14-12-5-11(20-13(12)15)6-16-9-2-1-3-10(4-9)19-7-17-18-8-19/h1-5,7-8,16H,6H2. The van der Waals surface area contributed by atoms with Crippen LogP contribution < -0.4 is 5.32 Å². The van der Waals surface area contributed by atoms with Crippen molar-refractivity contribution in [2.24, 2.45) is 0 Å². The molecule has 0 spiro atoms. The van der Waals surface area contributed by atoms with E-state index in [4.69, 9.17) is 11.6 Å². The summed E-state index contributed by atoms with van der Waals surface area (Å²) in [5, 5.41) is 11.0. The van der Waals surface area contributed by atoms with Crippen molar-refractivity contribution in [3.63, 3.8) is 0 Å². The van der Waals surface area contributed by atoms with Crippen LogP contribution in [-0.2, 0) is 6.54 Å². The van der Waals surface area contributed by atoms with Crippen LogP contribution in [0.5, 0.6) is 0 Å². The average Bonchev–Trinajstić information content (AvgIpc) is 3.08. The lowest BCUT2D eigenvalue weighted by Crippen LogP contribution is -1.98. The zero-order valence-electron chi connectivity index (χ0n) is 10.3. The maximum Gasteiger partial charge on any atom is 0.123 e. The molecule has 2 heterocycles. The molecule has 7 heteroatoms. The van der Waals surface area contributed by atoms with Crippen LogP contribution >= 0.6 is 38.9 Å². The van der Waals surface area contributed by atoms with E-state index in [9.17, 15) is 0 Å². The van der Waals surface area contributed by atoms with Gasteiger partial charge in [0.1, 0.15) is 17.0 Å². The maximum absolute atomic E-state index is 6.03. The molecule has 4 nitrogen and oxygen atoms in total. The summed E-state index contributed by atoms with van der Waals surface area (Å²) in [4.78, 5) is 1.18. The van der Waals surface area contributed by atoms with Crippen molar-refractivity contribution < 1.29 is 0 Å². The van der Waals surface area contributed by atoms with Crippen molar-refractivity contribution in [1.82, 2.24) is 14.8 Å². The van der Waals surface area contributed by atoms with Crippen molar-refractivity contribution in [3.05, 3.63) is 56.7 Å². The highest BCUT2D eigenvalue weighted by Crippen LogP contribution is 2.32. The highest BCUT2D eigenvalue weighted by atomic mass is 79.9. The van der Waals surface area contributed by atoms with Crippen LogP contribution in [-0.4, -0.2) is 14.8 Å². The third kappa shape index (κ3) is 3.03. The summed E-state index contributed by atoms with van der Waals surface area (Å²) in [5.74, 6) is 0. The summed E-state index contributed by atoms with van der Waals surface area (Å²) in [5.41, 5.74) is 2.06. The molecule has 3 aromatic rings. The molecule has 0 unspecified atom stereocenters. The number of thiophene rings is 1. The Kier molecular flexibility index (Phi) is 4.05. The van der Waals surface area contributed by atoms with E-state index < -0.39 is 0 Å². The summed E-state index contributed by atoms with van der Waals surface area (Å²) in [6, 6.07) is 10.1. The third-order valence-corrected chi connectivity index (χ3v) is 5.20. The molecule has 0 aliphatic heterocycles. The molecule has 20 heavy (non-hydrogen) atoms. The summed E-state index contributed by atoms with van der Waals surface area (Å²) in [6.45, 7) is 0.738. The second-order valence-electron chi connectivity index (χ2n) is 4.11. The minimum Gasteiger partial charge on any atom is -0.380 e. The molecule has 0 saturated heterocycles. The molecule has 0 atom stereocenters. The number of rotatable bonds is 4. The summed E-state index contributed by atoms with van der Waals surface area (Å²) >= 11 is 11.0. The summed E-state index contributed by atoms with van der Waals surface area (Å²) in [6.07, 6.45) is 3.35. The first-order valence-corrected chi connectivity index (χ1v) is 7.84. The molecule has 0 bridgehead atoms. The lowest BCUT2D eigenvalue weighted by Gasteiger charge is -2.07. The Morgan fingerprint density at radius 2 is 2.05 bits per heavy atom. The number of anilines is 1. The fraction of sp³-hybridized carbons (Fsp3) is 0.0769. The van der Waals surface area contributed by atoms with Crippen molar-refractivity contribution in [3.8, 4) is 5.69 Å². The Hall–Kier alpha value is -1.37. The maximum atomic E-state index is 6.03. The van der Waals surface area contributed by atoms with Gasteiger partial charge in [0, 0.05) is 21.6 Å². The van der Waals surface area contributed by atoms with Gasteiger partial charge in [-0.25, -0.2) is 0 Å². The number of hydrogen-bond acceptors (Lipinski definition) is 4. The quantitative estimate of drug-likeness (QED) is 0.743. The number of aromatic nitrogens is 3. The Bertz CT molecular complexity index is 691. The van der Waals surface area contributed by atoms with Gasteiger partial charge >= 0.3 is 0 Å². The van der Waals surface area contributed by atoms with E-state index in [1.54, 1.807) is 24.0 Å². The first kappa shape index (κ1) is 13.6. The minimum atomic E-state index is 0.738. The second kappa shape index (κ2) is 5.95. The third-order valence-electron chi connectivity index (χ3n) is 2.73. The molecule has 0 radical (unpaired) electrons. The number of nitrogens with zero attached hydrogens (tertiary/aromatic N) is 3. The fourth-order valence-electron chi connectivity index (χ4n) is 1.78. The van der Waals surface area contributed by atoms with Crippen molar-refractivity contribution >= 4 is 44.6 Å². The van der Waals surface area contributed by atoms with Crippen LogP contribution in [0.3, 0.4) is 0 Å². The van der Waals surface area contributed by atoms with Gasteiger partial charge in [0.2, 0.25) is 0 Å². The van der Waals surface area contributed by atoms with Crippen LogP contribution in [0.1, 0.15) is 4.88 Å². The lowest BCUT2D eigenvalue weighted by molar-refractivity contribution is 1.05. The van der Waals surface area contributed by atoms with Gasteiger partial charge in [-0.05, 0) is 40.2 Å². The van der Waals surface area contributed by atoms with E-state index in [0.29, 0.717) is 0 Å². The van der Waals surface area contributed by atoms with Crippen LogP contribution in [0.15, 0.2) is 47.5 Å². The Morgan fingerprint density at radius 1 is 1.25 bits per heavy atom. The van der Waals surface area contributed by atoms with Crippen LogP contribution in [0.25, 0.3) is 5.69 Å². The van der Waals surface area contributed by atoms with Crippen molar-refractivity contribution in [2.75, 3.05) is 5.32 Å². The smallest absolute Gasteiger partial charge is 0.123 e. The molecule has 0 aliphatic carbocycles. The van der Waals surface area contributed by atoms with Gasteiger partial charge in [-0.3, -0.25) is 4.57 Å². The molecule has 0 fully saturated rings. The van der Waals surface area contributed by atoms with Gasteiger partial charge in [-0.2, -0.15) is 0 Å². The first-order chi connectivity index (χ1) is 9.72. The molecule has 3 rings (SSSR count). The van der Waals surface area contributed by atoms with Gasteiger partial charge in [-0.1, -0.05) is 17.7 Å². The van der Waals surface area contributed by atoms with Gasteiger partial charge in [0.15, 0.2) is 0 Å². The Morgan fingerprint density at radius 3 is 2.75 bits per heavy atom. The zero-order valence-corrected chi connectivity index (χ0v) is 13.4. The minimum absolute atomic E-state index is 0.738. The summed E-state index contributed by atoms with van der Waals surface area (Å²) < 4.78 is 3.59. The SMILES string of the molecule is Clc1sc(CNc2cccc(-n3cnnc3)c2)cc1Br. The molecular weight excluding hydrogens is 360 g/mol. The predicted molar refractivity (Wildman–Crippen MR) is 85.7 cm³/mol. The second-order valence-corrected chi connectivity index (χ2v) is 6.70. The molecule has 0 saturated carbocycles. The van der Waals surface area contributed by atoms with Gasteiger partial charge in [0.05, 0.1) is 5.69 Å². The van der Waals surface area contributed by atoms with Crippen molar-refractivity contribution in [1.29, 1.82) is 0 Å². The van der Waals surface area contributed by atoms with Crippen LogP contribution in [0.2, 0.25) is 4.34 Å². The zero-order chi connectivity index (χ0) is 13.9. The van der Waals surface area contributed by atoms with E-state index in [1.807, 2.05) is 34.9 Å². The van der Waals surface area contributed by atoms with Gasteiger partial charge in [0.25, 0.3) is 0 Å². The number of nitrogens with one attached hydrogen (secondary N) is 1. The van der Waals surface area contributed by atoms with Crippen LogP contribution in [0.4, 0.5) is 5.69 Å². The number of hydrogen-bond donors (Lipinski definition) is 1. The fourth-order valence-corrected chi connectivity index (χ4v) is 3.51. The monoisotopic (exact) mass is 368 g/mol. The Balaban J connectivity index is 1.73. The number of halogens is 2. The molecule has 2 aromatic heterocycles. The van der Waals surface area contributed by atoms with E-state index >= 15 is 0 Å². The highest BCUT2D eigenvalue weighted by molar-refractivity contribution is 9.10. The highest BCUT2D eigenvalue weighted by Gasteiger charge is 2.04. The van der Waals surface area contributed by atoms with Crippen LogP contribution in [0, 0.1) is 0 Å². The average molecular weight is 370 g/mol. The molecule has 1 N–H and O–H groups in total. The topological polar surface area (TPSA) is 42.7 Å². The predicted octanol–water partition coefficient (Wildman–Crippen LogP) is 4.36. The molecule has 1 aromatic carbocycles. The van der Waals surface area contributed by atoms with E-state index in [2.05, 4.69) is 31.4 Å². The lowest BCUT2D eigenvalue weighted by atomic mass is 10.2. The van der Waals surface area contributed by atoms with Gasteiger partial charge in [-0.15, -0.1) is 21.5 Å². The normalized spacial score (nSPS) is 10.7. The molecule has 102 valence electrons. The van der Waals surface area contributed by atoms with E-state index in [0.717, 1.165) is 26.7 Å². The molecule has 0 aliphatic rings. The Labute approximate surface area is 133 Å². The first-order valence-electron chi connectivity index (χ1n) is 5.85.